The van der Waals surface area contributed by atoms with E-state index in [2.05, 4.69) is 15.5 Å². The van der Waals surface area contributed by atoms with E-state index in [9.17, 15) is 27.6 Å². The molecular formula is C19H19F3N6O3. The van der Waals surface area contributed by atoms with Crippen LogP contribution in [0, 0.1) is 0 Å². The number of aromatic nitrogens is 3. The number of urea groups is 1. The van der Waals surface area contributed by atoms with Gasteiger partial charge in [0, 0.05) is 19.5 Å². The van der Waals surface area contributed by atoms with Gasteiger partial charge in [-0.3, -0.25) is 14.5 Å². The molecule has 0 saturated carbocycles. The molecule has 1 N–H and O–H groups in total. The van der Waals surface area contributed by atoms with Gasteiger partial charge < -0.3 is 14.8 Å². The van der Waals surface area contributed by atoms with Gasteiger partial charge in [0.05, 0.1) is 13.1 Å². The average molecular weight is 436 g/mol. The minimum Gasteiger partial charge on any atom is -0.333 e. The van der Waals surface area contributed by atoms with Gasteiger partial charge in [-0.25, -0.2) is 4.79 Å². The van der Waals surface area contributed by atoms with Gasteiger partial charge >= 0.3 is 12.2 Å². The predicted molar refractivity (Wildman–Crippen MR) is 99.0 cm³/mol. The molecule has 1 aromatic carbocycles. The maximum Gasteiger partial charge on any atom is 0.451 e. The first-order valence-corrected chi connectivity index (χ1v) is 9.67. The molecule has 1 fully saturated rings. The summed E-state index contributed by atoms with van der Waals surface area (Å²) < 4.78 is 39.7. The Balaban J connectivity index is 1.33. The zero-order valence-corrected chi connectivity index (χ0v) is 16.3. The summed E-state index contributed by atoms with van der Waals surface area (Å²) in [6.45, 7) is 0.0667. The Kier molecular flexibility index (Phi) is 5.38. The Morgan fingerprint density at radius 3 is 2.58 bits per heavy atom. The third kappa shape index (κ3) is 4.23. The van der Waals surface area contributed by atoms with Gasteiger partial charge in [-0.2, -0.15) is 13.2 Å². The van der Waals surface area contributed by atoms with Crippen LogP contribution in [0.5, 0.6) is 0 Å². The van der Waals surface area contributed by atoms with Gasteiger partial charge in [0.25, 0.3) is 5.91 Å². The molecule has 1 aromatic heterocycles. The van der Waals surface area contributed by atoms with E-state index in [4.69, 9.17) is 0 Å². The fraction of sp³-hybridized carbons (Fsp3) is 0.421. The number of imide groups is 1. The maximum atomic E-state index is 12.9. The van der Waals surface area contributed by atoms with Crippen molar-refractivity contribution >= 4 is 17.8 Å². The van der Waals surface area contributed by atoms with E-state index in [-0.39, 0.29) is 50.8 Å². The van der Waals surface area contributed by atoms with Crippen LogP contribution < -0.4 is 5.32 Å². The molecule has 0 radical (unpaired) electrons. The van der Waals surface area contributed by atoms with Gasteiger partial charge in [-0.05, 0) is 12.0 Å². The number of nitrogens with zero attached hydrogens (tertiary/aromatic N) is 5. The zero-order chi connectivity index (χ0) is 22.2. The highest BCUT2D eigenvalue weighted by Gasteiger charge is 2.41. The van der Waals surface area contributed by atoms with Crippen LogP contribution in [0.1, 0.15) is 30.1 Å². The molecule has 9 nitrogen and oxygen atoms in total. The van der Waals surface area contributed by atoms with Crippen molar-refractivity contribution in [2.45, 2.75) is 44.7 Å². The van der Waals surface area contributed by atoms with E-state index < -0.39 is 30.0 Å². The Morgan fingerprint density at radius 1 is 1.13 bits per heavy atom. The number of alkyl halides is 3. The van der Waals surface area contributed by atoms with Crippen molar-refractivity contribution in [1.82, 2.24) is 29.9 Å². The smallest absolute Gasteiger partial charge is 0.333 e. The summed E-state index contributed by atoms with van der Waals surface area (Å²) in [4.78, 5) is 39.7. The van der Waals surface area contributed by atoms with Crippen molar-refractivity contribution in [3.8, 4) is 0 Å². The topological polar surface area (TPSA) is 100 Å². The summed E-state index contributed by atoms with van der Waals surface area (Å²) in [6, 6.07) is 7.72. The summed E-state index contributed by atoms with van der Waals surface area (Å²) in [6.07, 6.45) is -4.54. The Hall–Kier alpha value is -3.44. The highest BCUT2D eigenvalue weighted by molar-refractivity contribution is 6.04. The monoisotopic (exact) mass is 436 g/mol. The van der Waals surface area contributed by atoms with E-state index in [0.717, 1.165) is 15.0 Å². The van der Waals surface area contributed by atoms with E-state index in [1.165, 1.54) is 4.90 Å². The van der Waals surface area contributed by atoms with Crippen LogP contribution in [0.4, 0.5) is 18.0 Å². The van der Waals surface area contributed by atoms with Crippen LogP contribution in [0.15, 0.2) is 30.3 Å². The third-order valence-corrected chi connectivity index (χ3v) is 5.30. The number of benzene rings is 1. The maximum absolute atomic E-state index is 12.9. The van der Waals surface area contributed by atoms with Crippen molar-refractivity contribution in [1.29, 1.82) is 0 Å². The van der Waals surface area contributed by atoms with Crippen molar-refractivity contribution in [2.24, 2.45) is 0 Å². The van der Waals surface area contributed by atoms with Crippen LogP contribution in [0.25, 0.3) is 0 Å². The molecule has 12 heteroatoms. The Bertz CT molecular complexity index is 1010. The molecule has 1 saturated heterocycles. The second-order valence-electron chi connectivity index (χ2n) is 7.36. The quantitative estimate of drug-likeness (QED) is 0.717. The standard InChI is InChI=1S/C19H19F3N6O3/c20-19(21,22)17-25-24-14-11-26(8-9-27(14)17)15(29)7-6-13-16(30)28(18(31)23-13)10-12-4-2-1-3-5-12/h1-5,13H,6-11H2,(H,23,31)/t13-/m0/s1. The van der Waals surface area contributed by atoms with Crippen LogP contribution in [0.2, 0.25) is 0 Å². The summed E-state index contributed by atoms with van der Waals surface area (Å²) in [5.74, 6) is -1.75. The fourth-order valence-electron chi connectivity index (χ4n) is 3.69. The van der Waals surface area contributed by atoms with Gasteiger partial charge in [0.2, 0.25) is 11.7 Å². The summed E-state index contributed by atoms with van der Waals surface area (Å²) in [5.41, 5.74) is 0.804. The average Bonchev–Trinajstić information content (AvgIpc) is 3.28. The SMILES string of the molecule is O=C(CC[C@@H]1NC(=O)N(Cc2ccccc2)C1=O)N1CCn2c(nnc2C(F)(F)F)C1. The molecule has 0 unspecified atom stereocenters. The number of halogens is 3. The first-order valence-electron chi connectivity index (χ1n) is 9.67. The fourth-order valence-corrected chi connectivity index (χ4v) is 3.69. The third-order valence-electron chi connectivity index (χ3n) is 5.30. The van der Waals surface area contributed by atoms with Gasteiger partial charge in [-0.1, -0.05) is 30.3 Å². The largest absolute Gasteiger partial charge is 0.451 e. The lowest BCUT2D eigenvalue weighted by Crippen LogP contribution is -2.40. The number of carbonyl (C=O) groups excluding carboxylic acids is 3. The molecule has 2 aromatic rings. The predicted octanol–water partition coefficient (Wildman–Crippen LogP) is 1.54. The molecule has 2 aliphatic heterocycles. The molecule has 0 bridgehead atoms. The molecule has 4 rings (SSSR count). The number of rotatable bonds is 5. The Labute approximate surface area is 174 Å². The highest BCUT2D eigenvalue weighted by atomic mass is 19.4. The molecular weight excluding hydrogens is 417 g/mol. The lowest BCUT2D eigenvalue weighted by Gasteiger charge is -2.28. The van der Waals surface area contributed by atoms with Crippen LogP contribution in [-0.4, -0.2) is 55.0 Å². The normalized spacial score (nSPS) is 18.9. The Morgan fingerprint density at radius 2 is 1.87 bits per heavy atom. The molecule has 0 aliphatic carbocycles. The van der Waals surface area contributed by atoms with Crippen molar-refractivity contribution in [3.63, 3.8) is 0 Å². The van der Waals surface area contributed by atoms with E-state index >= 15 is 0 Å². The molecule has 31 heavy (non-hydrogen) atoms. The molecule has 2 aliphatic rings. The summed E-state index contributed by atoms with van der Waals surface area (Å²) in [7, 11) is 0. The number of carbonyl (C=O) groups is 3. The van der Waals surface area contributed by atoms with E-state index in [0.29, 0.717) is 0 Å². The second-order valence-corrected chi connectivity index (χ2v) is 7.36. The minimum atomic E-state index is -4.61. The van der Waals surface area contributed by atoms with Gasteiger partial charge in [0.1, 0.15) is 6.04 Å². The highest BCUT2D eigenvalue weighted by Crippen LogP contribution is 2.29. The lowest BCUT2D eigenvalue weighted by atomic mass is 10.1. The number of nitrogens with one attached hydrogen (secondary N) is 1. The first-order chi connectivity index (χ1) is 14.7. The molecule has 0 spiro atoms. The van der Waals surface area contributed by atoms with Crippen LogP contribution in [0.3, 0.4) is 0 Å². The van der Waals surface area contributed by atoms with Gasteiger partial charge in [0.15, 0.2) is 5.82 Å². The zero-order valence-electron chi connectivity index (χ0n) is 16.3. The van der Waals surface area contributed by atoms with Crippen molar-refractivity contribution in [2.75, 3.05) is 6.54 Å². The van der Waals surface area contributed by atoms with E-state index in [1.807, 2.05) is 6.07 Å². The van der Waals surface area contributed by atoms with Crippen molar-refractivity contribution in [3.05, 3.63) is 47.5 Å². The second kappa shape index (κ2) is 8.00. The minimum absolute atomic E-state index is 0.0316. The first kappa shape index (κ1) is 20.8. The molecule has 4 amide bonds. The van der Waals surface area contributed by atoms with Crippen LogP contribution in [-0.2, 0) is 35.4 Å². The van der Waals surface area contributed by atoms with Crippen molar-refractivity contribution < 1.29 is 27.6 Å². The molecule has 164 valence electrons. The summed E-state index contributed by atoms with van der Waals surface area (Å²) in [5, 5.41) is 9.31. The number of hydrogen-bond donors (Lipinski definition) is 1. The summed E-state index contributed by atoms with van der Waals surface area (Å²) >= 11 is 0. The number of hydrogen-bond acceptors (Lipinski definition) is 5. The van der Waals surface area contributed by atoms with Gasteiger partial charge in [-0.15, -0.1) is 10.2 Å². The number of amides is 4. The molecule has 1 atom stereocenters. The van der Waals surface area contributed by atoms with Crippen LogP contribution >= 0.6 is 0 Å². The number of fused-ring (bicyclic) bond motifs is 1. The lowest BCUT2D eigenvalue weighted by molar-refractivity contribution is -0.148. The van der Waals surface area contributed by atoms with E-state index in [1.54, 1.807) is 24.3 Å². The molecule has 3 heterocycles.